The molecule has 1 N–H and O–H groups in total. The van der Waals surface area contributed by atoms with Crippen LogP contribution in [0.2, 0.25) is 0 Å². The Kier molecular flexibility index (Phi) is 6.08. The average molecular weight is 375 g/mol. The molecule has 0 aromatic heterocycles. The zero-order chi connectivity index (χ0) is 19.5. The molecule has 0 spiro atoms. The zero-order valence-corrected chi connectivity index (χ0v) is 16.7. The van der Waals surface area contributed by atoms with Gasteiger partial charge in [0.25, 0.3) is 0 Å². The number of hydrogen-bond donors (Lipinski definition) is 1. The zero-order valence-electron chi connectivity index (χ0n) is 15.9. The van der Waals surface area contributed by atoms with Crippen LogP contribution >= 0.6 is 0 Å². The van der Waals surface area contributed by atoms with Crippen molar-refractivity contribution in [2.24, 2.45) is 0 Å². The summed E-state index contributed by atoms with van der Waals surface area (Å²) in [6.45, 7) is 7.51. The van der Waals surface area contributed by atoms with Crippen molar-refractivity contribution in [3.05, 3.63) is 59.2 Å². The van der Waals surface area contributed by atoms with Crippen molar-refractivity contribution in [1.82, 2.24) is 0 Å². The molecule has 2 aromatic carbocycles. The smallest absolute Gasteiger partial charge is 0.248 e. The second-order valence-electron chi connectivity index (χ2n) is 6.56. The number of sulfonamides is 1. The Morgan fingerprint density at radius 2 is 1.73 bits per heavy atom. The van der Waals surface area contributed by atoms with Crippen LogP contribution < -0.4 is 9.62 Å². The minimum Gasteiger partial charge on any atom is -0.324 e. The molecule has 0 saturated carbocycles. The van der Waals surface area contributed by atoms with Crippen molar-refractivity contribution < 1.29 is 13.2 Å². The Morgan fingerprint density at radius 3 is 2.23 bits per heavy atom. The van der Waals surface area contributed by atoms with Gasteiger partial charge in [0.2, 0.25) is 15.9 Å². The first kappa shape index (κ1) is 20.0. The van der Waals surface area contributed by atoms with E-state index in [9.17, 15) is 13.2 Å². The monoisotopic (exact) mass is 374 g/mol. The van der Waals surface area contributed by atoms with E-state index in [-0.39, 0.29) is 5.91 Å². The lowest BCUT2D eigenvalue weighted by Crippen LogP contribution is -2.45. The fourth-order valence-corrected chi connectivity index (χ4v) is 4.05. The highest BCUT2D eigenvalue weighted by molar-refractivity contribution is 7.92. The van der Waals surface area contributed by atoms with Crippen molar-refractivity contribution in [3.8, 4) is 0 Å². The van der Waals surface area contributed by atoms with Gasteiger partial charge in [0.05, 0.1) is 11.9 Å². The topological polar surface area (TPSA) is 66.5 Å². The van der Waals surface area contributed by atoms with Crippen molar-refractivity contribution in [2.75, 3.05) is 15.9 Å². The SMILES string of the molecule is CCc1ccc(N([C@H](C)C(=O)Nc2ccc(C)cc2C)S(C)(=O)=O)cc1. The maximum absolute atomic E-state index is 12.7. The molecular weight excluding hydrogens is 348 g/mol. The molecule has 1 atom stereocenters. The van der Waals surface area contributed by atoms with E-state index in [0.717, 1.165) is 33.7 Å². The number of rotatable bonds is 6. The third-order valence-corrected chi connectivity index (χ3v) is 5.57. The molecule has 0 radical (unpaired) electrons. The normalized spacial score (nSPS) is 12.5. The molecule has 2 aromatic rings. The van der Waals surface area contributed by atoms with Crippen molar-refractivity contribution in [3.63, 3.8) is 0 Å². The molecule has 0 heterocycles. The van der Waals surface area contributed by atoms with E-state index in [2.05, 4.69) is 5.32 Å². The predicted molar refractivity (Wildman–Crippen MR) is 107 cm³/mol. The van der Waals surface area contributed by atoms with Crippen molar-refractivity contribution in [2.45, 2.75) is 40.2 Å². The molecule has 0 saturated heterocycles. The van der Waals surface area contributed by atoms with Gasteiger partial charge in [-0.15, -0.1) is 0 Å². The number of nitrogens with zero attached hydrogens (tertiary/aromatic N) is 1. The summed E-state index contributed by atoms with van der Waals surface area (Å²) in [6.07, 6.45) is 1.98. The maximum atomic E-state index is 12.7. The molecule has 0 fully saturated rings. The largest absolute Gasteiger partial charge is 0.324 e. The van der Waals surface area contributed by atoms with Gasteiger partial charge < -0.3 is 5.32 Å². The fourth-order valence-electron chi connectivity index (χ4n) is 2.88. The number of nitrogens with one attached hydrogen (secondary N) is 1. The maximum Gasteiger partial charge on any atom is 0.248 e. The summed E-state index contributed by atoms with van der Waals surface area (Å²) in [5.74, 6) is -0.373. The van der Waals surface area contributed by atoms with Crippen LogP contribution in [-0.2, 0) is 21.2 Å². The number of aryl methyl sites for hydroxylation is 3. The number of anilines is 2. The molecule has 1 amide bonds. The van der Waals surface area contributed by atoms with Gasteiger partial charge in [0.1, 0.15) is 6.04 Å². The minimum atomic E-state index is -3.62. The minimum absolute atomic E-state index is 0.373. The lowest BCUT2D eigenvalue weighted by molar-refractivity contribution is -0.116. The van der Waals surface area contributed by atoms with E-state index in [1.807, 2.05) is 51.1 Å². The van der Waals surface area contributed by atoms with Crippen LogP contribution in [0, 0.1) is 13.8 Å². The highest BCUT2D eigenvalue weighted by Crippen LogP contribution is 2.23. The second kappa shape index (κ2) is 7.91. The summed E-state index contributed by atoms with van der Waals surface area (Å²) in [7, 11) is -3.62. The first-order valence-corrected chi connectivity index (χ1v) is 10.4. The number of carbonyl (C=O) groups excluding carboxylic acids is 1. The molecular formula is C20H26N2O3S. The molecule has 0 unspecified atom stereocenters. The van der Waals surface area contributed by atoms with Crippen molar-refractivity contribution in [1.29, 1.82) is 0 Å². The first-order valence-electron chi connectivity index (χ1n) is 8.60. The summed E-state index contributed by atoms with van der Waals surface area (Å²) < 4.78 is 25.8. The van der Waals surface area contributed by atoms with Gasteiger partial charge >= 0.3 is 0 Å². The van der Waals surface area contributed by atoms with E-state index >= 15 is 0 Å². The molecule has 0 aliphatic carbocycles. The average Bonchev–Trinajstić information content (AvgIpc) is 2.56. The molecule has 0 aliphatic heterocycles. The number of hydrogen-bond acceptors (Lipinski definition) is 3. The lowest BCUT2D eigenvalue weighted by Gasteiger charge is -2.28. The van der Waals surface area contributed by atoms with Gasteiger partial charge in [-0.3, -0.25) is 9.10 Å². The Balaban J connectivity index is 2.30. The van der Waals surface area contributed by atoms with Crippen LogP contribution in [0.4, 0.5) is 11.4 Å². The third-order valence-electron chi connectivity index (χ3n) is 4.33. The highest BCUT2D eigenvalue weighted by atomic mass is 32.2. The molecule has 140 valence electrons. The summed E-state index contributed by atoms with van der Waals surface area (Å²) >= 11 is 0. The number of amides is 1. The van der Waals surface area contributed by atoms with Crippen LogP contribution in [0.3, 0.4) is 0 Å². The van der Waals surface area contributed by atoms with E-state index in [4.69, 9.17) is 0 Å². The summed E-state index contributed by atoms with van der Waals surface area (Å²) in [6, 6.07) is 12.1. The van der Waals surface area contributed by atoms with Gasteiger partial charge in [-0.1, -0.05) is 36.8 Å². The Labute approximate surface area is 156 Å². The summed E-state index contributed by atoms with van der Waals surface area (Å²) in [4.78, 5) is 12.7. The Bertz CT molecular complexity index is 890. The quantitative estimate of drug-likeness (QED) is 0.839. The molecule has 2 rings (SSSR count). The van der Waals surface area contributed by atoms with Gasteiger partial charge in [-0.25, -0.2) is 8.42 Å². The standard InChI is InChI=1S/C20H26N2O3S/c1-6-17-8-10-18(11-9-17)22(26(5,24)25)16(4)20(23)21-19-12-7-14(2)13-15(19)3/h7-13,16H,6H2,1-5H3,(H,21,23)/t16-/m1/s1. The number of benzene rings is 2. The molecule has 5 nitrogen and oxygen atoms in total. The Hall–Kier alpha value is -2.34. The van der Waals surface area contributed by atoms with E-state index in [0.29, 0.717) is 11.4 Å². The summed E-state index contributed by atoms with van der Waals surface area (Å²) in [5.41, 5.74) is 4.30. The lowest BCUT2D eigenvalue weighted by atomic mass is 10.1. The van der Waals surface area contributed by atoms with Crippen LogP contribution in [0.15, 0.2) is 42.5 Å². The molecule has 26 heavy (non-hydrogen) atoms. The van der Waals surface area contributed by atoms with Gasteiger partial charge in [-0.05, 0) is 56.5 Å². The van der Waals surface area contributed by atoms with Crippen LogP contribution in [-0.4, -0.2) is 26.6 Å². The first-order chi connectivity index (χ1) is 12.1. The van der Waals surface area contributed by atoms with Crippen LogP contribution in [0.25, 0.3) is 0 Å². The predicted octanol–water partition coefficient (Wildman–Crippen LogP) is 3.66. The van der Waals surface area contributed by atoms with Gasteiger partial charge in [0, 0.05) is 5.69 Å². The molecule has 0 bridgehead atoms. The Morgan fingerprint density at radius 1 is 1.12 bits per heavy atom. The molecule has 6 heteroatoms. The van der Waals surface area contributed by atoms with Crippen LogP contribution in [0.1, 0.15) is 30.5 Å². The fraction of sp³-hybridized carbons (Fsp3) is 0.350. The number of carbonyl (C=O) groups is 1. The van der Waals surface area contributed by atoms with E-state index in [1.54, 1.807) is 19.1 Å². The van der Waals surface area contributed by atoms with Gasteiger partial charge in [-0.2, -0.15) is 0 Å². The summed E-state index contributed by atoms with van der Waals surface area (Å²) in [5, 5.41) is 2.84. The second-order valence-corrected chi connectivity index (χ2v) is 8.42. The van der Waals surface area contributed by atoms with E-state index < -0.39 is 16.1 Å². The molecule has 0 aliphatic rings. The van der Waals surface area contributed by atoms with Crippen molar-refractivity contribution >= 4 is 27.3 Å². The van der Waals surface area contributed by atoms with Gasteiger partial charge in [0.15, 0.2) is 0 Å². The van der Waals surface area contributed by atoms with E-state index in [1.165, 1.54) is 0 Å². The highest BCUT2D eigenvalue weighted by Gasteiger charge is 2.29. The van der Waals surface area contributed by atoms with Crippen LogP contribution in [0.5, 0.6) is 0 Å². The third kappa shape index (κ3) is 4.64.